The molecule has 32 heavy (non-hydrogen) atoms. The van der Waals surface area contributed by atoms with E-state index in [2.05, 4.69) is 10.6 Å². The van der Waals surface area contributed by atoms with E-state index >= 15 is 0 Å². The molecule has 0 aromatic heterocycles. The van der Waals surface area contributed by atoms with Crippen molar-refractivity contribution < 1.29 is 24.0 Å². The van der Waals surface area contributed by atoms with Gasteiger partial charge in [0.1, 0.15) is 18.7 Å². The van der Waals surface area contributed by atoms with Gasteiger partial charge in [0.2, 0.25) is 5.91 Å². The van der Waals surface area contributed by atoms with Crippen LogP contribution in [0.4, 0.5) is 4.79 Å². The van der Waals surface area contributed by atoms with E-state index in [1.165, 1.54) is 14.2 Å². The van der Waals surface area contributed by atoms with Gasteiger partial charge in [-0.2, -0.15) is 0 Å². The van der Waals surface area contributed by atoms with Crippen molar-refractivity contribution in [2.24, 2.45) is 5.92 Å². The van der Waals surface area contributed by atoms with E-state index in [4.69, 9.17) is 9.57 Å². The SMILES string of the molecule is CON(C)C(=O)C(Cc1ccccc1)NC(=O)[C@@H](NC(=O)OCc1ccccc1)C(C)C. The van der Waals surface area contributed by atoms with Gasteiger partial charge in [0.25, 0.3) is 5.91 Å². The molecule has 0 heterocycles. The molecule has 8 heteroatoms. The lowest BCUT2D eigenvalue weighted by atomic mass is 10.0. The van der Waals surface area contributed by atoms with Crippen LogP contribution < -0.4 is 10.6 Å². The first-order chi connectivity index (χ1) is 15.3. The number of hydrogen-bond donors (Lipinski definition) is 2. The van der Waals surface area contributed by atoms with Gasteiger partial charge >= 0.3 is 6.09 Å². The molecule has 2 aromatic rings. The fourth-order valence-electron chi connectivity index (χ4n) is 3.05. The van der Waals surface area contributed by atoms with Crippen LogP contribution in [-0.2, 0) is 32.2 Å². The number of nitrogens with zero attached hydrogens (tertiary/aromatic N) is 1. The van der Waals surface area contributed by atoms with Crippen molar-refractivity contribution in [3.05, 3.63) is 71.8 Å². The minimum absolute atomic E-state index is 0.0901. The second kappa shape index (κ2) is 12.5. The van der Waals surface area contributed by atoms with Crippen molar-refractivity contribution in [2.45, 2.75) is 39.0 Å². The quantitative estimate of drug-likeness (QED) is 0.553. The van der Waals surface area contributed by atoms with Gasteiger partial charge in [-0.15, -0.1) is 0 Å². The minimum atomic E-state index is -0.878. The average molecular weight is 442 g/mol. The molecule has 3 amide bonds. The van der Waals surface area contributed by atoms with Crippen molar-refractivity contribution in [3.63, 3.8) is 0 Å². The standard InChI is InChI=1S/C24H31N3O5/c1-17(2)21(26-24(30)32-16-19-13-9-6-10-14-19)22(28)25-20(23(29)27(3)31-4)15-18-11-7-5-8-12-18/h5-14,17,20-21H,15-16H2,1-4H3,(H,25,28)(H,26,30)/t20?,21-/m0/s1. The first-order valence-corrected chi connectivity index (χ1v) is 10.4. The van der Waals surface area contributed by atoms with Crippen LogP contribution in [0.2, 0.25) is 0 Å². The number of alkyl carbamates (subject to hydrolysis) is 1. The van der Waals surface area contributed by atoms with Crippen LogP contribution in [0.1, 0.15) is 25.0 Å². The molecule has 8 nitrogen and oxygen atoms in total. The zero-order valence-electron chi connectivity index (χ0n) is 18.9. The first kappa shape index (κ1) is 24.9. The van der Waals surface area contributed by atoms with Gasteiger partial charge in [-0.25, -0.2) is 9.86 Å². The highest BCUT2D eigenvalue weighted by molar-refractivity contribution is 5.91. The average Bonchev–Trinajstić information content (AvgIpc) is 2.80. The number of hydrogen-bond acceptors (Lipinski definition) is 5. The molecule has 0 saturated heterocycles. The minimum Gasteiger partial charge on any atom is -0.445 e. The molecule has 2 atom stereocenters. The third-order valence-corrected chi connectivity index (χ3v) is 4.92. The van der Waals surface area contributed by atoms with E-state index in [0.717, 1.165) is 16.2 Å². The topological polar surface area (TPSA) is 97.0 Å². The van der Waals surface area contributed by atoms with Gasteiger partial charge in [-0.05, 0) is 17.0 Å². The molecule has 0 bridgehead atoms. The molecular weight excluding hydrogens is 410 g/mol. The highest BCUT2D eigenvalue weighted by atomic mass is 16.7. The highest BCUT2D eigenvalue weighted by Crippen LogP contribution is 2.09. The maximum absolute atomic E-state index is 13.0. The maximum atomic E-state index is 13.0. The molecule has 0 aliphatic heterocycles. The van der Waals surface area contributed by atoms with Gasteiger partial charge < -0.3 is 15.4 Å². The number of nitrogens with one attached hydrogen (secondary N) is 2. The Morgan fingerprint density at radius 1 is 0.906 bits per heavy atom. The zero-order chi connectivity index (χ0) is 23.5. The fourth-order valence-corrected chi connectivity index (χ4v) is 3.05. The van der Waals surface area contributed by atoms with Crippen LogP contribution in [0.3, 0.4) is 0 Å². The number of benzene rings is 2. The summed E-state index contributed by atoms with van der Waals surface area (Å²) in [6.07, 6.45) is -0.426. The molecule has 2 aromatic carbocycles. The normalized spacial score (nSPS) is 12.5. The van der Waals surface area contributed by atoms with E-state index in [9.17, 15) is 14.4 Å². The Balaban J connectivity index is 2.05. The van der Waals surface area contributed by atoms with Crippen LogP contribution in [0, 0.1) is 5.92 Å². The summed E-state index contributed by atoms with van der Waals surface area (Å²) in [6.45, 7) is 3.70. The first-order valence-electron chi connectivity index (χ1n) is 10.4. The van der Waals surface area contributed by atoms with Crippen molar-refractivity contribution in [2.75, 3.05) is 14.2 Å². The molecular formula is C24H31N3O5. The van der Waals surface area contributed by atoms with E-state index in [0.29, 0.717) is 0 Å². The van der Waals surface area contributed by atoms with Crippen LogP contribution in [0.5, 0.6) is 0 Å². The number of carbonyl (C=O) groups is 3. The van der Waals surface area contributed by atoms with Gasteiger partial charge in [0, 0.05) is 13.5 Å². The van der Waals surface area contributed by atoms with Crippen LogP contribution in [0.15, 0.2) is 60.7 Å². The third-order valence-electron chi connectivity index (χ3n) is 4.92. The Bertz CT molecular complexity index is 874. The monoisotopic (exact) mass is 441 g/mol. The molecule has 0 spiro atoms. The van der Waals surface area contributed by atoms with Gasteiger partial charge in [-0.3, -0.25) is 14.4 Å². The molecule has 2 rings (SSSR count). The molecule has 172 valence electrons. The smallest absolute Gasteiger partial charge is 0.408 e. The number of likely N-dealkylation sites (N-methyl/N-ethyl adjacent to an activating group) is 1. The lowest BCUT2D eigenvalue weighted by molar-refractivity contribution is -0.171. The fraction of sp³-hybridized carbons (Fsp3) is 0.375. The van der Waals surface area contributed by atoms with Gasteiger partial charge in [0.05, 0.1) is 7.11 Å². The van der Waals surface area contributed by atoms with E-state index in [1.807, 2.05) is 60.7 Å². The molecule has 0 aliphatic carbocycles. The van der Waals surface area contributed by atoms with Gasteiger partial charge in [0.15, 0.2) is 0 Å². The lowest BCUT2D eigenvalue weighted by Gasteiger charge is -2.27. The number of ether oxygens (including phenoxy) is 1. The van der Waals surface area contributed by atoms with Crippen molar-refractivity contribution in [3.8, 4) is 0 Å². The van der Waals surface area contributed by atoms with E-state index < -0.39 is 30.0 Å². The Hall–Kier alpha value is -3.39. The van der Waals surface area contributed by atoms with Crippen LogP contribution in [0.25, 0.3) is 0 Å². The highest BCUT2D eigenvalue weighted by Gasteiger charge is 2.30. The summed E-state index contributed by atoms with van der Waals surface area (Å²) in [6, 6.07) is 16.9. The molecule has 0 radical (unpaired) electrons. The Labute approximate surface area is 188 Å². The summed E-state index contributed by atoms with van der Waals surface area (Å²) in [5, 5.41) is 6.44. The maximum Gasteiger partial charge on any atom is 0.408 e. The molecule has 1 unspecified atom stereocenters. The summed E-state index contributed by atoms with van der Waals surface area (Å²) in [5.41, 5.74) is 1.72. The zero-order valence-corrected chi connectivity index (χ0v) is 18.9. The second-order valence-electron chi connectivity index (χ2n) is 7.70. The Kier molecular flexibility index (Phi) is 9.69. The van der Waals surface area contributed by atoms with E-state index in [1.54, 1.807) is 13.8 Å². The van der Waals surface area contributed by atoms with Crippen molar-refractivity contribution in [1.29, 1.82) is 0 Å². The van der Waals surface area contributed by atoms with Crippen molar-refractivity contribution in [1.82, 2.24) is 15.7 Å². The van der Waals surface area contributed by atoms with E-state index in [-0.39, 0.29) is 18.9 Å². The number of hydroxylamine groups is 2. The number of amides is 3. The summed E-state index contributed by atoms with van der Waals surface area (Å²) >= 11 is 0. The molecule has 0 saturated carbocycles. The molecule has 2 N–H and O–H groups in total. The van der Waals surface area contributed by atoms with Gasteiger partial charge in [-0.1, -0.05) is 74.5 Å². The second-order valence-corrected chi connectivity index (χ2v) is 7.70. The number of rotatable bonds is 10. The Morgan fingerprint density at radius 3 is 2.00 bits per heavy atom. The summed E-state index contributed by atoms with van der Waals surface area (Å²) < 4.78 is 5.24. The van der Waals surface area contributed by atoms with Crippen molar-refractivity contribution >= 4 is 17.9 Å². The summed E-state index contributed by atoms with van der Waals surface area (Å²) in [7, 11) is 2.85. The summed E-state index contributed by atoms with van der Waals surface area (Å²) in [4.78, 5) is 43.1. The largest absolute Gasteiger partial charge is 0.445 e. The van der Waals surface area contributed by atoms with Crippen LogP contribution >= 0.6 is 0 Å². The lowest BCUT2D eigenvalue weighted by Crippen LogP contribution is -2.56. The number of carbonyl (C=O) groups excluding carboxylic acids is 3. The Morgan fingerprint density at radius 2 is 1.47 bits per heavy atom. The third kappa shape index (κ3) is 7.70. The summed E-state index contributed by atoms with van der Waals surface area (Å²) in [5.74, 6) is -1.11. The predicted octanol–water partition coefficient (Wildman–Crippen LogP) is 2.68. The predicted molar refractivity (Wildman–Crippen MR) is 120 cm³/mol. The van der Waals surface area contributed by atoms with Crippen LogP contribution in [-0.4, -0.2) is 49.2 Å². The molecule has 0 aliphatic rings. The molecule has 0 fully saturated rings.